The van der Waals surface area contributed by atoms with Gasteiger partial charge in [0.25, 0.3) is 6.43 Å². The molecule has 0 radical (unpaired) electrons. The number of ether oxygens (including phenoxy) is 1. The Kier molecular flexibility index (Phi) is 6.00. The first-order valence-electron chi connectivity index (χ1n) is 7.09. The van der Waals surface area contributed by atoms with Gasteiger partial charge in [0.05, 0.1) is 6.54 Å². The van der Waals surface area contributed by atoms with Crippen LogP contribution in [0.25, 0.3) is 5.70 Å². The molecule has 23 heavy (non-hydrogen) atoms. The van der Waals surface area contributed by atoms with E-state index in [9.17, 15) is 13.6 Å². The van der Waals surface area contributed by atoms with E-state index in [0.29, 0.717) is 23.4 Å². The van der Waals surface area contributed by atoms with Crippen molar-refractivity contribution in [1.82, 2.24) is 4.90 Å². The zero-order chi connectivity index (χ0) is 16.8. The summed E-state index contributed by atoms with van der Waals surface area (Å²) in [5, 5.41) is -0.798. The average molecular weight is 340 g/mol. The first-order valence-corrected chi connectivity index (χ1v) is 7.53. The normalized spacial score (nSPS) is 17.6. The SMILES string of the molecule is CC#CCOc1ccc(C2=CCC(Cl)C(=O)N2CC(F)F)cc1. The molecule has 0 aliphatic carbocycles. The molecule has 3 nitrogen and oxygen atoms in total. The van der Waals surface area contributed by atoms with Crippen molar-refractivity contribution in [1.29, 1.82) is 0 Å². The highest BCUT2D eigenvalue weighted by molar-refractivity contribution is 6.31. The van der Waals surface area contributed by atoms with Crippen molar-refractivity contribution in [2.45, 2.75) is 25.1 Å². The molecule has 1 aromatic carbocycles. The van der Waals surface area contributed by atoms with Crippen LogP contribution in [0.4, 0.5) is 8.78 Å². The number of halogens is 3. The van der Waals surface area contributed by atoms with E-state index in [1.54, 1.807) is 37.3 Å². The number of amides is 1. The summed E-state index contributed by atoms with van der Waals surface area (Å²) in [7, 11) is 0. The predicted octanol–water partition coefficient (Wildman–Crippen LogP) is 3.53. The Morgan fingerprint density at radius 1 is 1.39 bits per heavy atom. The predicted molar refractivity (Wildman–Crippen MR) is 85.3 cm³/mol. The average Bonchev–Trinajstić information content (AvgIpc) is 2.53. The number of carbonyl (C=O) groups excluding carboxylic acids is 1. The summed E-state index contributed by atoms with van der Waals surface area (Å²) in [6, 6.07) is 6.87. The second-order valence-corrected chi connectivity index (χ2v) is 5.40. The largest absolute Gasteiger partial charge is 0.481 e. The van der Waals surface area contributed by atoms with E-state index in [2.05, 4.69) is 11.8 Å². The summed E-state index contributed by atoms with van der Waals surface area (Å²) >= 11 is 5.88. The third kappa shape index (κ3) is 4.46. The van der Waals surface area contributed by atoms with Gasteiger partial charge in [-0.15, -0.1) is 17.5 Å². The van der Waals surface area contributed by atoms with Crippen molar-refractivity contribution in [3.05, 3.63) is 35.9 Å². The van der Waals surface area contributed by atoms with Crippen molar-refractivity contribution in [2.75, 3.05) is 13.2 Å². The lowest BCUT2D eigenvalue weighted by atomic mass is 10.0. The molecule has 0 aromatic heterocycles. The van der Waals surface area contributed by atoms with E-state index >= 15 is 0 Å². The van der Waals surface area contributed by atoms with Gasteiger partial charge < -0.3 is 9.64 Å². The highest BCUT2D eigenvalue weighted by atomic mass is 35.5. The van der Waals surface area contributed by atoms with Gasteiger partial charge in [0.1, 0.15) is 17.7 Å². The number of alkyl halides is 3. The summed E-state index contributed by atoms with van der Waals surface area (Å²) in [6.07, 6.45) is -0.598. The van der Waals surface area contributed by atoms with Crippen LogP contribution < -0.4 is 4.74 Å². The summed E-state index contributed by atoms with van der Waals surface area (Å²) in [5.41, 5.74) is 1.11. The maximum Gasteiger partial charge on any atom is 0.256 e. The first kappa shape index (κ1) is 17.3. The molecule has 1 aromatic rings. The highest BCUT2D eigenvalue weighted by Gasteiger charge is 2.31. The van der Waals surface area contributed by atoms with Crippen LogP contribution >= 0.6 is 11.6 Å². The van der Waals surface area contributed by atoms with Gasteiger partial charge in [-0.25, -0.2) is 8.78 Å². The molecule has 1 aliphatic heterocycles. The third-order valence-electron chi connectivity index (χ3n) is 3.30. The topological polar surface area (TPSA) is 29.5 Å². The second kappa shape index (κ2) is 7.98. The van der Waals surface area contributed by atoms with Crippen molar-refractivity contribution in [3.63, 3.8) is 0 Å². The lowest BCUT2D eigenvalue weighted by molar-refractivity contribution is -0.129. The molecule has 0 fully saturated rings. The molecule has 0 N–H and O–H groups in total. The summed E-state index contributed by atoms with van der Waals surface area (Å²) in [5.74, 6) is 5.62. The summed E-state index contributed by atoms with van der Waals surface area (Å²) in [4.78, 5) is 13.1. The van der Waals surface area contributed by atoms with Crippen molar-refractivity contribution in [3.8, 4) is 17.6 Å². The van der Waals surface area contributed by atoms with Gasteiger partial charge >= 0.3 is 0 Å². The monoisotopic (exact) mass is 339 g/mol. The van der Waals surface area contributed by atoms with Gasteiger partial charge in [0, 0.05) is 5.70 Å². The van der Waals surface area contributed by atoms with Crippen molar-refractivity contribution >= 4 is 23.2 Å². The van der Waals surface area contributed by atoms with Gasteiger partial charge in [-0.05, 0) is 43.2 Å². The Hall–Kier alpha value is -2.06. The Morgan fingerprint density at radius 2 is 2.09 bits per heavy atom. The van der Waals surface area contributed by atoms with Crippen molar-refractivity contribution < 1.29 is 18.3 Å². The molecule has 1 unspecified atom stereocenters. The molecule has 1 heterocycles. The highest BCUT2D eigenvalue weighted by Crippen LogP contribution is 2.29. The number of benzene rings is 1. The molecule has 0 saturated heterocycles. The smallest absolute Gasteiger partial charge is 0.256 e. The zero-order valence-electron chi connectivity index (χ0n) is 12.6. The molecule has 1 amide bonds. The molecule has 1 atom stereocenters. The summed E-state index contributed by atoms with van der Waals surface area (Å²) < 4.78 is 30.9. The summed E-state index contributed by atoms with van der Waals surface area (Å²) in [6.45, 7) is 1.33. The maximum absolute atomic E-state index is 12.7. The van der Waals surface area contributed by atoms with E-state index in [-0.39, 0.29) is 6.61 Å². The molecule has 0 saturated carbocycles. The lowest BCUT2D eigenvalue weighted by Crippen LogP contribution is -2.41. The molecule has 0 bridgehead atoms. The Bertz CT molecular complexity index is 647. The second-order valence-electron chi connectivity index (χ2n) is 4.87. The number of carbonyl (C=O) groups is 1. The van der Waals surface area contributed by atoms with Crippen LogP contribution in [0.15, 0.2) is 30.3 Å². The molecular formula is C17H16ClF2NO2. The van der Waals surface area contributed by atoms with Crippen LogP contribution in [0.1, 0.15) is 18.9 Å². The Balaban J connectivity index is 2.20. The van der Waals surface area contributed by atoms with E-state index in [4.69, 9.17) is 16.3 Å². The van der Waals surface area contributed by atoms with Gasteiger partial charge in [-0.2, -0.15) is 0 Å². The number of hydrogen-bond donors (Lipinski definition) is 0. The minimum atomic E-state index is -2.63. The van der Waals surface area contributed by atoms with Gasteiger partial charge in [-0.1, -0.05) is 12.0 Å². The van der Waals surface area contributed by atoms with E-state index < -0.39 is 24.3 Å². The molecular weight excluding hydrogens is 324 g/mol. The van der Waals surface area contributed by atoms with Crippen molar-refractivity contribution in [2.24, 2.45) is 0 Å². The minimum Gasteiger partial charge on any atom is -0.481 e. The lowest BCUT2D eigenvalue weighted by Gasteiger charge is -2.31. The molecule has 2 rings (SSSR count). The zero-order valence-corrected chi connectivity index (χ0v) is 13.3. The fraction of sp³-hybridized carbons (Fsp3) is 0.353. The number of hydrogen-bond acceptors (Lipinski definition) is 2. The van der Waals surface area contributed by atoms with Crippen LogP contribution in [-0.4, -0.2) is 35.8 Å². The molecule has 122 valence electrons. The Labute approximate surface area is 138 Å². The van der Waals surface area contributed by atoms with Crippen LogP contribution in [0.3, 0.4) is 0 Å². The van der Waals surface area contributed by atoms with Crippen LogP contribution in [0.2, 0.25) is 0 Å². The molecule has 0 spiro atoms. The van der Waals surface area contributed by atoms with Crippen LogP contribution in [0.5, 0.6) is 5.75 Å². The number of rotatable bonds is 5. The van der Waals surface area contributed by atoms with Crippen LogP contribution in [0, 0.1) is 11.8 Å². The van der Waals surface area contributed by atoms with Gasteiger partial charge in [0.15, 0.2) is 0 Å². The fourth-order valence-corrected chi connectivity index (χ4v) is 2.43. The third-order valence-corrected chi connectivity index (χ3v) is 3.67. The minimum absolute atomic E-state index is 0.280. The first-order chi connectivity index (χ1) is 11.0. The van der Waals surface area contributed by atoms with E-state index in [0.717, 1.165) is 4.90 Å². The molecule has 6 heteroatoms. The van der Waals surface area contributed by atoms with Gasteiger partial charge in [0.2, 0.25) is 5.91 Å². The number of allylic oxidation sites excluding steroid dienone is 1. The quantitative estimate of drug-likeness (QED) is 0.606. The molecule has 1 aliphatic rings. The standard InChI is InChI=1S/C17H16ClF2NO2/c1-2-3-10-23-13-6-4-12(5-7-13)15-9-8-14(18)17(22)21(15)11-16(19)20/h4-7,9,14,16H,8,10-11H2,1H3. The fourth-order valence-electron chi connectivity index (χ4n) is 2.23. The Morgan fingerprint density at radius 3 is 2.70 bits per heavy atom. The number of nitrogens with zero attached hydrogens (tertiary/aromatic N) is 1. The van der Waals surface area contributed by atoms with E-state index in [1.165, 1.54) is 0 Å². The van der Waals surface area contributed by atoms with E-state index in [1.807, 2.05) is 0 Å². The van der Waals surface area contributed by atoms with Gasteiger partial charge in [-0.3, -0.25) is 4.79 Å². The van der Waals surface area contributed by atoms with Crippen LogP contribution in [-0.2, 0) is 4.79 Å². The maximum atomic E-state index is 12.7.